The van der Waals surface area contributed by atoms with Crippen LogP contribution in [0.1, 0.15) is 22.6 Å². The molecular formula is C11H19N5OS. The second-order valence-corrected chi connectivity index (χ2v) is 5.62. The molecule has 100 valence electrons. The maximum absolute atomic E-state index is 11.9. The van der Waals surface area contributed by atoms with Crippen molar-refractivity contribution in [2.75, 3.05) is 39.0 Å². The van der Waals surface area contributed by atoms with Crippen LogP contribution >= 0.6 is 11.3 Å². The van der Waals surface area contributed by atoms with E-state index < -0.39 is 0 Å². The number of nitrogens with zero attached hydrogens (tertiary/aromatic N) is 3. The second-order valence-electron chi connectivity index (χ2n) is 4.64. The molecule has 1 unspecified atom stereocenters. The molecular weight excluding hydrogens is 250 g/mol. The van der Waals surface area contributed by atoms with Gasteiger partial charge in [0.1, 0.15) is 0 Å². The summed E-state index contributed by atoms with van der Waals surface area (Å²) in [5, 5.41) is 14.6. The SMILES string of the molecule is CNc1nnc(C(=O)NCC2CCCN(C)C2)s1. The van der Waals surface area contributed by atoms with Crippen LogP contribution < -0.4 is 10.6 Å². The van der Waals surface area contributed by atoms with Gasteiger partial charge in [-0.2, -0.15) is 0 Å². The van der Waals surface area contributed by atoms with Crippen molar-refractivity contribution in [1.29, 1.82) is 0 Å². The number of carbonyl (C=O) groups is 1. The quantitative estimate of drug-likeness (QED) is 0.840. The first-order valence-electron chi connectivity index (χ1n) is 6.17. The van der Waals surface area contributed by atoms with Crippen molar-refractivity contribution in [3.8, 4) is 0 Å². The third kappa shape index (κ3) is 3.39. The lowest BCUT2D eigenvalue weighted by atomic mass is 9.98. The Balaban J connectivity index is 1.80. The zero-order chi connectivity index (χ0) is 13.0. The van der Waals surface area contributed by atoms with Crippen molar-refractivity contribution >= 4 is 22.4 Å². The monoisotopic (exact) mass is 269 g/mol. The van der Waals surface area contributed by atoms with Crippen molar-refractivity contribution in [3.63, 3.8) is 0 Å². The molecule has 2 rings (SSSR count). The fourth-order valence-corrected chi connectivity index (χ4v) is 2.78. The van der Waals surface area contributed by atoms with Crippen LogP contribution in [0.3, 0.4) is 0 Å². The van der Waals surface area contributed by atoms with Gasteiger partial charge in [0, 0.05) is 20.1 Å². The van der Waals surface area contributed by atoms with E-state index in [1.807, 2.05) is 0 Å². The number of amides is 1. The minimum Gasteiger partial charge on any atom is -0.363 e. The van der Waals surface area contributed by atoms with Crippen LogP contribution in [0, 0.1) is 5.92 Å². The van der Waals surface area contributed by atoms with E-state index in [9.17, 15) is 4.79 Å². The minimum atomic E-state index is -0.123. The number of nitrogens with one attached hydrogen (secondary N) is 2. The summed E-state index contributed by atoms with van der Waals surface area (Å²) in [6.45, 7) is 2.93. The van der Waals surface area contributed by atoms with Gasteiger partial charge in [0.15, 0.2) is 0 Å². The average Bonchev–Trinajstić information content (AvgIpc) is 2.85. The maximum atomic E-state index is 11.9. The third-order valence-electron chi connectivity index (χ3n) is 3.11. The highest BCUT2D eigenvalue weighted by Crippen LogP contribution is 2.16. The highest BCUT2D eigenvalue weighted by atomic mass is 32.1. The van der Waals surface area contributed by atoms with E-state index >= 15 is 0 Å². The van der Waals surface area contributed by atoms with Gasteiger partial charge in [-0.1, -0.05) is 11.3 Å². The zero-order valence-corrected chi connectivity index (χ0v) is 11.6. The van der Waals surface area contributed by atoms with Crippen LogP contribution in [0.15, 0.2) is 0 Å². The maximum Gasteiger partial charge on any atom is 0.282 e. The number of anilines is 1. The van der Waals surface area contributed by atoms with Crippen LogP contribution in [-0.2, 0) is 0 Å². The number of aromatic nitrogens is 2. The van der Waals surface area contributed by atoms with E-state index in [4.69, 9.17) is 0 Å². The summed E-state index contributed by atoms with van der Waals surface area (Å²) < 4.78 is 0. The highest BCUT2D eigenvalue weighted by molar-refractivity contribution is 7.17. The lowest BCUT2D eigenvalue weighted by Gasteiger charge is -2.29. The number of hydrogen-bond acceptors (Lipinski definition) is 6. The summed E-state index contributed by atoms with van der Waals surface area (Å²) in [5.74, 6) is 0.423. The van der Waals surface area contributed by atoms with Gasteiger partial charge in [0.05, 0.1) is 0 Å². The predicted molar refractivity (Wildman–Crippen MR) is 72.0 cm³/mol. The summed E-state index contributed by atoms with van der Waals surface area (Å²) in [6.07, 6.45) is 2.39. The molecule has 0 aliphatic carbocycles. The Kier molecular flexibility index (Phi) is 4.48. The second kappa shape index (κ2) is 6.10. The molecule has 2 N–H and O–H groups in total. The van der Waals surface area contributed by atoms with E-state index in [1.165, 1.54) is 24.2 Å². The van der Waals surface area contributed by atoms with E-state index in [2.05, 4.69) is 32.8 Å². The van der Waals surface area contributed by atoms with Crippen molar-refractivity contribution in [2.45, 2.75) is 12.8 Å². The van der Waals surface area contributed by atoms with Crippen molar-refractivity contribution < 1.29 is 4.79 Å². The third-order valence-corrected chi connectivity index (χ3v) is 4.05. The van der Waals surface area contributed by atoms with Crippen molar-refractivity contribution in [1.82, 2.24) is 20.4 Å². The number of carbonyl (C=O) groups excluding carboxylic acids is 1. The van der Waals surface area contributed by atoms with Crippen molar-refractivity contribution in [3.05, 3.63) is 5.01 Å². The molecule has 7 heteroatoms. The number of piperidine rings is 1. The van der Waals surface area contributed by atoms with Gasteiger partial charge in [-0.25, -0.2) is 0 Å². The topological polar surface area (TPSA) is 70.1 Å². The first kappa shape index (κ1) is 13.2. The molecule has 1 amide bonds. The lowest BCUT2D eigenvalue weighted by Crippen LogP contribution is -2.39. The number of likely N-dealkylation sites (tertiary alicyclic amines) is 1. The number of rotatable bonds is 4. The van der Waals surface area contributed by atoms with Gasteiger partial charge >= 0.3 is 0 Å². The average molecular weight is 269 g/mol. The first-order valence-corrected chi connectivity index (χ1v) is 6.98. The molecule has 1 saturated heterocycles. The molecule has 0 bridgehead atoms. The summed E-state index contributed by atoms with van der Waals surface area (Å²) in [6, 6.07) is 0. The Bertz CT molecular complexity index is 408. The molecule has 0 radical (unpaired) electrons. The smallest absolute Gasteiger partial charge is 0.282 e. The van der Waals surface area contributed by atoms with Crippen LogP contribution in [0.2, 0.25) is 0 Å². The van der Waals surface area contributed by atoms with Crippen LogP contribution in [-0.4, -0.2) is 54.7 Å². The first-order chi connectivity index (χ1) is 8.69. The molecule has 1 aliphatic rings. The normalized spacial score (nSPS) is 20.7. The Labute approximate surface area is 111 Å². The lowest BCUT2D eigenvalue weighted by molar-refractivity contribution is 0.0935. The summed E-state index contributed by atoms with van der Waals surface area (Å²) in [4.78, 5) is 14.2. The van der Waals surface area contributed by atoms with Gasteiger partial charge in [0.2, 0.25) is 10.1 Å². The van der Waals surface area contributed by atoms with E-state index in [-0.39, 0.29) is 5.91 Å². The highest BCUT2D eigenvalue weighted by Gasteiger charge is 2.19. The molecule has 18 heavy (non-hydrogen) atoms. The fraction of sp³-hybridized carbons (Fsp3) is 0.727. The largest absolute Gasteiger partial charge is 0.363 e. The summed E-state index contributed by atoms with van der Waals surface area (Å²) in [7, 11) is 3.89. The van der Waals surface area contributed by atoms with Crippen LogP contribution in [0.25, 0.3) is 0 Å². The van der Waals surface area contributed by atoms with Crippen LogP contribution in [0.5, 0.6) is 0 Å². The molecule has 1 aliphatic heterocycles. The van der Waals surface area contributed by atoms with E-state index in [0.717, 1.165) is 19.6 Å². The van der Waals surface area contributed by atoms with Crippen LogP contribution in [0.4, 0.5) is 5.13 Å². The van der Waals surface area contributed by atoms with Gasteiger partial charge < -0.3 is 15.5 Å². The van der Waals surface area contributed by atoms with Gasteiger partial charge in [-0.3, -0.25) is 4.79 Å². The van der Waals surface area contributed by atoms with E-state index in [0.29, 0.717) is 16.1 Å². The van der Waals surface area contributed by atoms with Gasteiger partial charge in [-0.15, -0.1) is 10.2 Å². The molecule has 0 spiro atoms. The summed E-state index contributed by atoms with van der Waals surface area (Å²) >= 11 is 1.27. The molecule has 1 aromatic heterocycles. The summed E-state index contributed by atoms with van der Waals surface area (Å²) in [5.41, 5.74) is 0. The van der Waals surface area contributed by atoms with Gasteiger partial charge in [0.25, 0.3) is 5.91 Å². The molecule has 6 nitrogen and oxygen atoms in total. The molecule has 2 heterocycles. The molecule has 1 aromatic rings. The Morgan fingerprint density at radius 3 is 3.06 bits per heavy atom. The Morgan fingerprint density at radius 2 is 2.39 bits per heavy atom. The predicted octanol–water partition coefficient (Wildman–Crippen LogP) is 0.651. The van der Waals surface area contributed by atoms with Crippen molar-refractivity contribution in [2.24, 2.45) is 5.92 Å². The minimum absolute atomic E-state index is 0.123. The standard InChI is InChI=1S/C11H19N5OS/c1-12-11-15-14-10(18-11)9(17)13-6-8-4-3-5-16(2)7-8/h8H,3-7H2,1-2H3,(H,12,15)(H,13,17). The van der Waals surface area contributed by atoms with Gasteiger partial charge in [-0.05, 0) is 32.4 Å². The molecule has 1 fully saturated rings. The Hall–Kier alpha value is -1.21. The Morgan fingerprint density at radius 1 is 1.56 bits per heavy atom. The number of hydrogen-bond donors (Lipinski definition) is 2. The fourth-order valence-electron chi connectivity index (χ4n) is 2.17. The van der Waals surface area contributed by atoms with E-state index in [1.54, 1.807) is 7.05 Å². The molecule has 1 atom stereocenters. The zero-order valence-electron chi connectivity index (χ0n) is 10.8. The molecule has 0 aromatic carbocycles. The molecule has 0 saturated carbocycles.